The summed E-state index contributed by atoms with van der Waals surface area (Å²) in [6.45, 7) is 7.49. The third-order valence-corrected chi connectivity index (χ3v) is 6.83. The molecule has 2 unspecified atom stereocenters. The zero-order chi connectivity index (χ0) is 25.6. The predicted molar refractivity (Wildman–Crippen MR) is 132 cm³/mol. The summed E-state index contributed by atoms with van der Waals surface area (Å²) in [6.07, 6.45) is 0.00503. The predicted octanol–water partition coefficient (Wildman–Crippen LogP) is 3.59. The highest BCUT2D eigenvalue weighted by molar-refractivity contribution is 5.95. The molecule has 2 fully saturated rings. The number of carbonyl (C=O) groups is 2. The van der Waals surface area contributed by atoms with Crippen molar-refractivity contribution in [2.45, 2.75) is 32.8 Å². The van der Waals surface area contributed by atoms with Gasteiger partial charge in [-0.25, -0.2) is 14.3 Å². The minimum atomic E-state index is -0.574. The molecular weight excluding hydrogens is 463 g/mol. The van der Waals surface area contributed by atoms with Gasteiger partial charge in [-0.3, -0.25) is 9.59 Å². The molecule has 188 valence electrons. The fourth-order valence-corrected chi connectivity index (χ4v) is 5.15. The number of amides is 2. The molecule has 9 heteroatoms. The molecule has 2 aliphatic rings. The van der Waals surface area contributed by atoms with Gasteiger partial charge in [-0.05, 0) is 44.5 Å². The Kier molecular flexibility index (Phi) is 6.02. The van der Waals surface area contributed by atoms with Gasteiger partial charge < -0.3 is 14.5 Å². The summed E-state index contributed by atoms with van der Waals surface area (Å²) >= 11 is 0. The van der Waals surface area contributed by atoms with Crippen molar-refractivity contribution in [2.24, 2.45) is 11.8 Å². The lowest BCUT2D eigenvalue weighted by Gasteiger charge is -2.26. The first-order chi connectivity index (χ1) is 17.1. The van der Waals surface area contributed by atoms with Gasteiger partial charge in [0, 0.05) is 49.8 Å². The Morgan fingerprint density at radius 3 is 2.33 bits per heavy atom. The van der Waals surface area contributed by atoms with Gasteiger partial charge in [0.2, 0.25) is 0 Å². The van der Waals surface area contributed by atoms with Crippen LogP contribution in [0.2, 0.25) is 0 Å². The average molecular weight is 493 g/mol. The number of rotatable bonds is 3. The molecule has 3 aromatic rings. The normalized spacial score (nSPS) is 19.6. The molecule has 8 nitrogen and oxygen atoms in total. The van der Waals surface area contributed by atoms with Gasteiger partial charge >= 0.3 is 6.09 Å². The highest BCUT2D eigenvalue weighted by atomic mass is 19.1. The van der Waals surface area contributed by atoms with E-state index in [9.17, 15) is 18.8 Å². The number of nitrogens with one attached hydrogen (secondary N) is 1. The number of hydrogen-bond acceptors (Lipinski definition) is 5. The second kappa shape index (κ2) is 9.04. The Labute approximate surface area is 208 Å². The third-order valence-electron chi connectivity index (χ3n) is 6.83. The SMILES string of the molecule is CC(C)(C)OC(=O)N1CC2CN(C(=O)c3cc(Cc4n[nH]c(=O)c5ccccc45)ccc3F)CC2C1. The van der Waals surface area contributed by atoms with Gasteiger partial charge in [0.05, 0.1) is 16.6 Å². The highest BCUT2D eigenvalue weighted by Gasteiger charge is 2.44. The second-order valence-electron chi connectivity index (χ2n) is 10.7. The van der Waals surface area contributed by atoms with E-state index in [-0.39, 0.29) is 35.0 Å². The lowest BCUT2D eigenvalue weighted by molar-refractivity contribution is 0.0275. The summed E-state index contributed by atoms with van der Waals surface area (Å²) in [6, 6.07) is 11.7. The number of benzene rings is 2. The standard InChI is InChI=1S/C27H29FN4O4/c1-27(2,3)36-26(35)32-14-17-12-31(13-18(17)15-32)25(34)21-10-16(8-9-22(21)28)11-23-19-6-4-5-7-20(19)24(33)30-29-23/h4-10,17-18H,11-15H2,1-3H3,(H,30,33). The summed E-state index contributed by atoms with van der Waals surface area (Å²) in [5, 5.41) is 7.96. The van der Waals surface area contributed by atoms with Crippen molar-refractivity contribution in [3.8, 4) is 0 Å². The summed E-state index contributed by atoms with van der Waals surface area (Å²) < 4.78 is 20.2. The Hall–Kier alpha value is -3.75. The lowest BCUT2D eigenvalue weighted by Crippen LogP contribution is -2.38. The number of likely N-dealkylation sites (tertiary alicyclic amines) is 2. The molecule has 5 rings (SSSR count). The van der Waals surface area contributed by atoms with Gasteiger partial charge in [-0.15, -0.1) is 0 Å². The van der Waals surface area contributed by atoms with Crippen molar-refractivity contribution < 1.29 is 18.7 Å². The summed E-state index contributed by atoms with van der Waals surface area (Å²) in [7, 11) is 0. The molecule has 2 amide bonds. The van der Waals surface area contributed by atoms with Gasteiger partial charge in [0.15, 0.2) is 0 Å². The van der Waals surface area contributed by atoms with Crippen molar-refractivity contribution in [2.75, 3.05) is 26.2 Å². The van der Waals surface area contributed by atoms with E-state index in [2.05, 4.69) is 10.2 Å². The molecule has 2 aliphatic heterocycles. The van der Waals surface area contributed by atoms with Crippen LogP contribution in [0.3, 0.4) is 0 Å². The van der Waals surface area contributed by atoms with Crippen LogP contribution in [0, 0.1) is 17.7 Å². The van der Waals surface area contributed by atoms with Crippen LogP contribution in [0.5, 0.6) is 0 Å². The number of ether oxygens (including phenoxy) is 1. The third kappa shape index (κ3) is 4.69. The summed E-state index contributed by atoms with van der Waals surface area (Å²) in [4.78, 5) is 41.1. The molecule has 1 aromatic heterocycles. The summed E-state index contributed by atoms with van der Waals surface area (Å²) in [5.41, 5.74) is 0.559. The van der Waals surface area contributed by atoms with Crippen molar-refractivity contribution in [1.82, 2.24) is 20.0 Å². The molecule has 1 N–H and O–H groups in total. The van der Waals surface area contributed by atoms with E-state index in [4.69, 9.17) is 4.74 Å². The van der Waals surface area contributed by atoms with E-state index in [0.717, 1.165) is 10.9 Å². The topological polar surface area (TPSA) is 95.6 Å². The van der Waals surface area contributed by atoms with Crippen LogP contribution in [0.4, 0.5) is 9.18 Å². The van der Waals surface area contributed by atoms with Crippen LogP contribution in [0.15, 0.2) is 47.3 Å². The number of nitrogens with zero attached hydrogens (tertiary/aromatic N) is 3. The van der Waals surface area contributed by atoms with E-state index >= 15 is 0 Å². The molecule has 0 aliphatic carbocycles. The zero-order valence-corrected chi connectivity index (χ0v) is 20.6. The first kappa shape index (κ1) is 24.0. The minimum absolute atomic E-state index is 0.0187. The van der Waals surface area contributed by atoms with Crippen LogP contribution in [-0.2, 0) is 11.2 Å². The zero-order valence-electron chi connectivity index (χ0n) is 20.6. The van der Waals surface area contributed by atoms with Crippen LogP contribution < -0.4 is 5.56 Å². The number of halogens is 1. The van der Waals surface area contributed by atoms with Crippen molar-refractivity contribution in [3.05, 3.63) is 75.5 Å². The average Bonchev–Trinajstić information content (AvgIpc) is 3.41. The molecular formula is C27H29FN4O4. The quantitative estimate of drug-likeness (QED) is 0.603. The van der Waals surface area contributed by atoms with Crippen molar-refractivity contribution in [1.29, 1.82) is 0 Å². The fourth-order valence-electron chi connectivity index (χ4n) is 5.15. The van der Waals surface area contributed by atoms with Crippen molar-refractivity contribution >= 4 is 22.8 Å². The molecule has 0 spiro atoms. The fraction of sp³-hybridized carbons (Fsp3) is 0.407. The maximum Gasteiger partial charge on any atom is 0.410 e. The Morgan fingerprint density at radius 2 is 1.67 bits per heavy atom. The first-order valence-electron chi connectivity index (χ1n) is 12.1. The van der Waals surface area contributed by atoms with E-state index in [1.165, 1.54) is 6.07 Å². The van der Waals surface area contributed by atoms with Crippen LogP contribution in [-0.4, -0.2) is 63.8 Å². The Balaban J connectivity index is 1.30. The number of aromatic nitrogens is 2. The second-order valence-corrected chi connectivity index (χ2v) is 10.7. The number of aromatic amines is 1. The molecule has 0 saturated carbocycles. The van der Waals surface area contributed by atoms with E-state index < -0.39 is 11.4 Å². The maximum atomic E-state index is 14.8. The van der Waals surface area contributed by atoms with Crippen LogP contribution in [0.1, 0.15) is 42.4 Å². The van der Waals surface area contributed by atoms with Gasteiger partial charge in [-0.1, -0.05) is 24.3 Å². The van der Waals surface area contributed by atoms with E-state index in [0.29, 0.717) is 43.7 Å². The lowest BCUT2D eigenvalue weighted by atomic mass is 10.0. The molecule has 0 bridgehead atoms. The summed E-state index contributed by atoms with van der Waals surface area (Å²) in [5.74, 6) is -0.642. The molecule has 36 heavy (non-hydrogen) atoms. The van der Waals surface area contributed by atoms with Gasteiger partial charge in [-0.2, -0.15) is 5.10 Å². The smallest absolute Gasteiger partial charge is 0.410 e. The number of fused-ring (bicyclic) bond motifs is 2. The molecule has 0 radical (unpaired) electrons. The Morgan fingerprint density at radius 1 is 1.03 bits per heavy atom. The number of H-pyrrole nitrogens is 1. The molecule has 2 atom stereocenters. The van der Waals surface area contributed by atoms with Crippen LogP contribution >= 0.6 is 0 Å². The number of hydrogen-bond donors (Lipinski definition) is 1. The van der Waals surface area contributed by atoms with Gasteiger partial charge in [0.1, 0.15) is 11.4 Å². The van der Waals surface area contributed by atoms with E-state index in [1.54, 1.807) is 34.1 Å². The largest absolute Gasteiger partial charge is 0.444 e. The molecule has 2 saturated heterocycles. The Bertz CT molecular complexity index is 1380. The highest BCUT2D eigenvalue weighted by Crippen LogP contribution is 2.33. The first-order valence-corrected chi connectivity index (χ1v) is 12.1. The van der Waals surface area contributed by atoms with Gasteiger partial charge in [0.25, 0.3) is 11.5 Å². The van der Waals surface area contributed by atoms with E-state index in [1.807, 2.05) is 32.9 Å². The van der Waals surface area contributed by atoms with Crippen molar-refractivity contribution in [3.63, 3.8) is 0 Å². The molecule has 2 aromatic carbocycles. The molecule has 3 heterocycles. The number of carbonyl (C=O) groups excluding carboxylic acids is 2. The maximum absolute atomic E-state index is 14.8. The monoisotopic (exact) mass is 492 g/mol. The van der Waals surface area contributed by atoms with Crippen LogP contribution in [0.25, 0.3) is 10.8 Å². The minimum Gasteiger partial charge on any atom is -0.444 e.